The average molecular weight is 622 g/mol. The lowest BCUT2D eigenvalue weighted by Gasteiger charge is -2.26. The van der Waals surface area contributed by atoms with Crippen molar-refractivity contribution < 1.29 is 0 Å². The molecule has 3 heteroatoms. The first-order valence-electron chi connectivity index (χ1n) is 17.0. The molecule has 0 aliphatic carbocycles. The fourth-order valence-electron chi connectivity index (χ4n) is 9.06. The molecule has 0 bridgehead atoms. The Balaban J connectivity index is 1.30. The zero-order valence-electron chi connectivity index (χ0n) is 26.4. The normalized spacial score (nSPS) is 12.5. The molecular formula is C46H27N3. The first-order chi connectivity index (χ1) is 24.4. The number of rotatable bonds is 3. The fourth-order valence-corrected chi connectivity index (χ4v) is 9.06. The van der Waals surface area contributed by atoms with Gasteiger partial charge in [-0.3, -0.25) is 0 Å². The van der Waals surface area contributed by atoms with Crippen LogP contribution in [0.3, 0.4) is 0 Å². The van der Waals surface area contributed by atoms with E-state index in [9.17, 15) is 0 Å². The van der Waals surface area contributed by atoms with Crippen molar-refractivity contribution in [3.05, 3.63) is 164 Å². The number of aromatic nitrogens is 2. The highest BCUT2D eigenvalue weighted by Crippen LogP contribution is 2.48. The summed E-state index contributed by atoms with van der Waals surface area (Å²) in [5.74, 6) is 0. The summed E-state index contributed by atoms with van der Waals surface area (Å²) < 4.78 is 5.09. The molecule has 0 aliphatic rings. The third-order valence-electron chi connectivity index (χ3n) is 10.9. The predicted octanol–water partition coefficient (Wildman–Crippen LogP) is 12.6. The smallest absolute Gasteiger partial charge is 0.0783 e. The van der Waals surface area contributed by atoms with E-state index in [1.165, 1.54) is 87.0 Å². The van der Waals surface area contributed by atoms with Crippen molar-refractivity contribution in [3.8, 4) is 0 Å². The van der Waals surface area contributed by atoms with E-state index in [0.29, 0.717) is 0 Å². The van der Waals surface area contributed by atoms with Gasteiger partial charge in [0.05, 0.1) is 38.8 Å². The minimum Gasteiger partial charge on any atom is -0.308 e. The minimum absolute atomic E-state index is 1.13. The van der Waals surface area contributed by atoms with Crippen LogP contribution < -0.4 is 4.90 Å². The summed E-state index contributed by atoms with van der Waals surface area (Å²) >= 11 is 0. The number of para-hydroxylation sites is 6. The molecule has 4 heterocycles. The van der Waals surface area contributed by atoms with Gasteiger partial charge in [0, 0.05) is 65.2 Å². The third-order valence-corrected chi connectivity index (χ3v) is 10.9. The van der Waals surface area contributed by atoms with Crippen molar-refractivity contribution in [1.82, 2.24) is 8.80 Å². The molecule has 0 aliphatic heterocycles. The molecule has 49 heavy (non-hydrogen) atoms. The quantitative estimate of drug-likeness (QED) is 0.191. The summed E-state index contributed by atoms with van der Waals surface area (Å²) in [6.45, 7) is 0. The molecule has 0 fully saturated rings. The Kier molecular flexibility index (Phi) is 4.72. The molecule has 3 nitrogen and oxygen atoms in total. The molecule has 0 unspecified atom stereocenters. The second-order valence-electron chi connectivity index (χ2n) is 13.3. The largest absolute Gasteiger partial charge is 0.308 e. The molecule has 0 amide bonds. The molecule has 0 radical (unpaired) electrons. The van der Waals surface area contributed by atoms with Crippen LogP contribution in [0.25, 0.3) is 87.0 Å². The maximum absolute atomic E-state index is 2.57. The first kappa shape index (κ1) is 25.5. The SMILES string of the molecule is c1ccc(N(c2ccccc2)c2cccc3c4cccc5c6ccc7c(ccc8c9cccc%10c%11ccccc%11n(c%109)c87)c6n(c23)c45)cc1. The molecule has 0 N–H and O–H groups in total. The van der Waals surface area contributed by atoms with Gasteiger partial charge in [-0.1, -0.05) is 127 Å². The number of hydrogen-bond acceptors (Lipinski definition) is 1. The van der Waals surface area contributed by atoms with Crippen LogP contribution in [0.4, 0.5) is 17.1 Å². The summed E-state index contributed by atoms with van der Waals surface area (Å²) in [6.07, 6.45) is 0. The van der Waals surface area contributed by atoms with Crippen molar-refractivity contribution in [1.29, 1.82) is 0 Å². The van der Waals surface area contributed by atoms with Gasteiger partial charge in [-0.25, -0.2) is 0 Å². The van der Waals surface area contributed by atoms with Crippen LogP contribution in [-0.4, -0.2) is 8.80 Å². The molecule has 0 atom stereocenters. The molecule has 226 valence electrons. The lowest BCUT2D eigenvalue weighted by atomic mass is 10.0. The Morgan fingerprint density at radius 3 is 1.16 bits per heavy atom. The third kappa shape index (κ3) is 3.09. The van der Waals surface area contributed by atoms with Crippen LogP contribution in [0.2, 0.25) is 0 Å². The summed E-state index contributed by atoms with van der Waals surface area (Å²) in [4.78, 5) is 2.41. The van der Waals surface area contributed by atoms with Crippen molar-refractivity contribution in [3.63, 3.8) is 0 Å². The van der Waals surface area contributed by atoms with Crippen LogP contribution >= 0.6 is 0 Å². The van der Waals surface area contributed by atoms with E-state index in [2.05, 4.69) is 177 Å². The minimum atomic E-state index is 1.13. The monoisotopic (exact) mass is 621 g/mol. The van der Waals surface area contributed by atoms with Gasteiger partial charge >= 0.3 is 0 Å². The van der Waals surface area contributed by atoms with E-state index in [1.54, 1.807) is 0 Å². The molecule has 0 saturated carbocycles. The highest BCUT2D eigenvalue weighted by atomic mass is 15.2. The van der Waals surface area contributed by atoms with Crippen LogP contribution in [-0.2, 0) is 0 Å². The van der Waals surface area contributed by atoms with Gasteiger partial charge in [0.1, 0.15) is 0 Å². The summed E-state index contributed by atoms with van der Waals surface area (Å²) in [7, 11) is 0. The van der Waals surface area contributed by atoms with Gasteiger partial charge in [-0.15, -0.1) is 0 Å². The Bertz CT molecular complexity index is 3220. The number of anilines is 3. The molecular weight excluding hydrogens is 595 g/mol. The topological polar surface area (TPSA) is 12.1 Å². The lowest BCUT2D eigenvalue weighted by molar-refractivity contribution is 1.27. The maximum atomic E-state index is 2.57. The standard InChI is InChI=1S/C46H27N3/c1-3-12-28(13-4-1)47(29-14-5-2-6-15-29)41-23-11-21-35-32-18-10-20-34-37-25-26-38-39(45(37)49(44(32)34)46(35)41)27-24-36-33-19-9-17-31-30-16-7-8-22-40(30)48(42(31)33)43(36)38/h1-27H. The molecule has 0 spiro atoms. The van der Waals surface area contributed by atoms with E-state index in [1.807, 2.05) is 0 Å². The van der Waals surface area contributed by atoms with Crippen LogP contribution in [0.15, 0.2) is 164 Å². The fraction of sp³-hybridized carbons (Fsp3) is 0. The lowest BCUT2D eigenvalue weighted by Crippen LogP contribution is -2.10. The average Bonchev–Trinajstić information content (AvgIpc) is 3.90. The van der Waals surface area contributed by atoms with E-state index in [4.69, 9.17) is 0 Å². The highest BCUT2D eigenvalue weighted by molar-refractivity contribution is 6.32. The van der Waals surface area contributed by atoms with Crippen LogP contribution in [0.1, 0.15) is 0 Å². The van der Waals surface area contributed by atoms with E-state index in [0.717, 1.165) is 17.1 Å². The van der Waals surface area contributed by atoms with Crippen LogP contribution in [0.5, 0.6) is 0 Å². The van der Waals surface area contributed by atoms with E-state index < -0.39 is 0 Å². The molecule has 4 aromatic heterocycles. The first-order valence-corrected chi connectivity index (χ1v) is 17.0. The second kappa shape index (κ2) is 9.06. The van der Waals surface area contributed by atoms with Gasteiger partial charge < -0.3 is 13.7 Å². The van der Waals surface area contributed by atoms with Crippen LogP contribution in [0, 0.1) is 0 Å². The second-order valence-corrected chi connectivity index (χ2v) is 13.3. The highest BCUT2D eigenvalue weighted by Gasteiger charge is 2.25. The van der Waals surface area contributed by atoms with Crippen molar-refractivity contribution in [2.75, 3.05) is 4.90 Å². The summed E-state index contributed by atoms with van der Waals surface area (Å²) in [5.41, 5.74) is 11.1. The number of nitrogens with zero attached hydrogens (tertiary/aromatic N) is 3. The zero-order valence-corrected chi connectivity index (χ0v) is 26.4. The van der Waals surface area contributed by atoms with Crippen molar-refractivity contribution in [2.45, 2.75) is 0 Å². The number of fused-ring (bicyclic) bond motifs is 15. The van der Waals surface area contributed by atoms with Gasteiger partial charge in [0.15, 0.2) is 0 Å². The molecule has 8 aromatic carbocycles. The van der Waals surface area contributed by atoms with E-state index >= 15 is 0 Å². The van der Waals surface area contributed by atoms with Gasteiger partial charge in [0.2, 0.25) is 0 Å². The Labute approximate surface area is 280 Å². The summed E-state index contributed by atoms with van der Waals surface area (Å²) in [5, 5.41) is 12.9. The predicted molar refractivity (Wildman–Crippen MR) is 208 cm³/mol. The summed E-state index contributed by atoms with van der Waals surface area (Å²) in [6, 6.07) is 60.2. The Morgan fingerprint density at radius 1 is 0.265 bits per heavy atom. The Hall–Kier alpha value is -6.58. The molecule has 12 rings (SSSR count). The maximum Gasteiger partial charge on any atom is 0.0783 e. The van der Waals surface area contributed by atoms with E-state index in [-0.39, 0.29) is 0 Å². The van der Waals surface area contributed by atoms with Gasteiger partial charge in [0.25, 0.3) is 0 Å². The molecule has 0 saturated heterocycles. The van der Waals surface area contributed by atoms with Crippen molar-refractivity contribution in [2.24, 2.45) is 0 Å². The van der Waals surface area contributed by atoms with Gasteiger partial charge in [-0.05, 0) is 36.4 Å². The number of benzene rings is 8. The zero-order chi connectivity index (χ0) is 31.8. The number of hydrogen-bond donors (Lipinski definition) is 0. The molecule has 12 aromatic rings. The van der Waals surface area contributed by atoms with Gasteiger partial charge in [-0.2, -0.15) is 0 Å². The Morgan fingerprint density at radius 2 is 0.633 bits per heavy atom. The van der Waals surface area contributed by atoms with Crippen molar-refractivity contribution >= 4 is 104 Å².